The van der Waals surface area contributed by atoms with Crippen molar-refractivity contribution < 1.29 is 8.78 Å². The molecule has 0 spiro atoms. The molecule has 3 nitrogen and oxygen atoms in total. The molecule has 1 aliphatic rings. The van der Waals surface area contributed by atoms with E-state index in [4.69, 9.17) is 0 Å². The summed E-state index contributed by atoms with van der Waals surface area (Å²) in [5, 5.41) is 0. The maximum Gasteiger partial charge on any atom is 0.119 e. The highest BCUT2D eigenvalue weighted by Crippen LogP contribution is 2.27. The number of hydrogen-bond acceptors (Lipinski definition) is 2. The lowest BCUT2D eigenvalue weighted by Crippen LogP contribution is -2.41. The normalized spacial score (nSPS) is 20.2. The van der Waals surface area contributed by atoms with Gasteiger partial charge in [0.25, 0.3) is 0 Å². The molecule has 0 N–H and O–H groups in total. The van der Waals surface area contributed by atoms with E-state index in [9.17, 15) is 8.78 Å². The molecule has 1 saturated heterocycles. The minimum atomic E-state index is -1.01. The Kier molecular flexibility index (Phi) is 14.5. The van der Waals surface area contributed by atoms with Crippen LogP contribution in [0.15, 0.2) is 63.3 Å². The quantitative estimate of drug-likeness (QED) is 0.103. The summed E-state index contributed by atoms with van der Waals surface area (Å²) in [5.41, 5.74) is 2.52. The molecular weight excluding hydrogens is 496 g/mol. The van der Waals surface area contributed by atoms with E-state index in [0.29, 0.717) is 24.8 Å². The highest BCUT2D eigenvalue weighted by Gasteiger charge is 2.24. The van der Waals surface area contributed by atoms with Crippen LogP contribution < -0.4 is 0 Å². The predicted molar refractivity (Wildman–Crippen MR) is 148 cm³/mol. The topological polar surface area (TPSA) is 18.8 Å². The van der Waals surface area contributed by atoms with Crippen molar-refractivity contribution in [1.29, 1.82) is 0 Å². The van der Waals surface area contributed by atoms with Crippen LogP contribution in [0.5, 0.6) is 0 Å². The van der Waals surface area contributed by atoms with Crippen LogP contribution in [0.3, 0.4) is 0 Å². The zero-order chi connectivity index (χ0) is 25.7. The summed E-state index contributed by atoms with van der Waals surface area (Å²) < 4.78 is 28.1. The molecule has 1 aliphatic heterocycles. The van der Waals surface area contributed by atoms with Crippen LogP contribution in [0, 0.1) is 5.92 Å². The molecule has 192 valence electrons. The number of hydrogen-bond donors (Lipinski definition) is 0. The van der Waals surface area contributed by atoms with Crippen molar-refractivity contribution in [2.75, 3.05) is 26.7 Å². The fourth-order valence-corrected chi connectivity index (χ4v) is 4.71. The first-order chi connectivity index (χ1) is 16.1. The lowest BCUT2D eigenvalue weighted by atomic mass is 9.94. The van der Waals surface area contributed by atoms with Crippen molar-refractivity contribution in [2.24, 2.45) is 10.9 Å². The first-order valence-electron chi connectivity index (χ1n) is 12.3. The highest BCUT2D eigenvalue weighted by atomic mass is 79.9. The molecule has 1 fully saturated rings. The van der Waals surface area contributed by atoms with Gasteiger partial charge in [-0.2, -0.15) is 0 Å². The lowest BCUT2D eigenvalue weighted by Gasteiger charge is -2.37. The molecular formula is C28H44BrF2N3. The van der Waals surface area contributed by atoms with Gasteiger partial charge in [0.05, 0.1) is 6.34 Å². The summed E-state index contributed by atoms with van der Waals surface area (Å²) in [5.74, 6) is 0.524. The monoisotopic (exact) mass is 539 g/mol. The van der Waals surface area contributed by atoms with Gasteiger partial charge in [-0.3, -0.25) is 9.89 Å². The molecule has 34 heavy (non-hydrogen) atoms. The molecule has 6 heteroatoms. The largest absolute Gasteiger partial charge is 0.333 e. The van der Waals surface area contributed by atoms with Crippen LogP contribution in [0.2, 0.25) is 0 Å². The number of nitrogens with zero attached hydrogens (tertiary/aromatic N) is 3. The first-order valence-corrected chi connectivity index (χ1v) is 13.1. The van der Waals surface area contributed by atoms with E-state index in [1.165, 1.54) is 6.92 Å². The molecule has 0 aromatic rings. The molecule has 3 atom stereocenters. The van der Waals surface area contributed by atoms with Gasteiger partial charge in [-0.05, 0) is 101 Å². The Labute approximate surface area is 215 Å². The molecule has 3 unspecified atom stereocenters. The minimum absolute atomic E-state index is 0.344. The number of likely N-dealkylation sites (tertiary alicyclic amines) is 1. The lowest BCUT2D eigenvalue weighted by molar-refractivity contribution is 0.153. The van der Waals surface area contributed by atoms with Gasteiger partial charge in [0.1, 0.15) is 12.3 Å². The average Bonchev–Trinajstić information content (AvgIpc) is 2.78. The fraction of sp³-hybridized carbons (Fsp3) is 0.607. The predicted octanol–water partition coefficient (Wildman–Crippen LogP) is 7.78. The maximum absolute atomic E-state index is 14.1. The number of piperidine rings is 1. The van der Waals surface area contributed by atoms with E-state index in [1.54, 1.807) is 20.0 Å². The van der Waals surface area contributed by atoms with Crippen LogP contribution in [-0.4, -0.2) is 61.2 Å². The zero-order valence-electron chi connectivity index (χ0n) is 21.9. The van der Waals surface area contributed by atoms with Crippen LogP contribution in [0.1, 0.15) is 60.3 Å². The van der Waals surface area contributed by atoms with Crippen LogP contribution in [0.4, 0.5) is 8.78 Å². The van der Waals surface area contributed by atoms with Gasteiger partial charge >= 0.3 is 0 Å². The third-order valence-electron chi connectivity index (χ3n) is 6.40. The van der Waals surface area contributed by atoms with E-state index in [1.807, 2.05) is 32.3 Å². The van der Waals surface area contributed by atoms with Crippen molar-refractivity contribution in [3.8, 4) is 0 Å². The summed E-state index contributed by atoms with van der Waals surface area (Å²) in [6.45, 7) is 16.4. The Morgan fingerprint density at radius 3 is 2.35 bits per heavy atom. The van der Waals surface area contributed by atoms with Gasteiger partial charge in [-0.25, -0.2) is 8.78 Å². The van der Waals surface area contributed by atoms with Gasteiger partial charge in [-0.15, -0.1) is 0 Å². The van der Waals surface area contributed by atoms with Crippen LogP contribution in [0.25, 0.3) is 0 Å². The zero-order valence-corrected chi connectivity index (χ0v) is 23.5. The number of aliphatic imine (C=N–C) groups is 1. The summed E-state index contributed by atoms with van der Waals surface area (Å²) in [6, 6.07) is 0.344. The van der Waals surface area contributed by atoms with Gasteiger partial charge in [0.2, 0.25) is 0 Å². The second kappa shape index (κ2) is 16.2. The van der Waals surface area contributed by atoms with E-state index in [2.05, 4.69) is 56.4 Å². The van der Waals surface area contributed by atoms with Crippen molar-refractivity contribution in [3.63, 3.8) is 0 Å². The Balaban J connectivity index is 2.75. The molecule has 0 amide bonds. The summed E-state index contributed by atoms with van der Waals surface area (Å²) in [4.78, 5) is 8.84. The SMILES string of the molecule is C=C(/C(C/C=C\C)=C(\C)C(C)F)N(/C=N\C)CC1CCN(C(C)/C=C\C/C(Br)=C\C(C)F)CC1. The average molecular weight is 541 g/mol. The second-order valence-electron chi connectivity index (χ2n) is 9.17. The molecule has 0 aromatic carbocycles. The Morgan fingerprint density at radius 2 is 1.82 bits per heavy atom. The molecule has 0 radical (unpaired) electrons. The smallest absolute Gasteiger partial charge is 0.119 e. The van der Waals surface area contributed by atoms with Crippen molar-refractivity contribution in [1.82, 2.24) is 9.80 Å². The molecule has 0 aliphatic carbocycles. The molecule has 1 rings (SSSR count). The minimum Gasteiger partial charge on any atom is -0.333 e. The van der Waals surface area contributed by atoms with Crippen LogP contribution in [-0.2, 0) is 0 Å². The Morgan fingerprint density at radius 1 is 1.18 bits per heavy atom. The number of alkyl halides is 2. The van der Waals surface area contributed by atoms with Gasteiger partial charge in [-0.1, -0.05) is 46.8 Å². The first kappa shape index (κ1) is 30.5. The summed E-state index contributed by atoms with van der Waals surface area (Å²) >= 11 is 3.43. The Hall–Kier alpha value is -1.53. The molecule has 0 bridgehead atoms. The van der Waals surface area contributed by atoms with Crippen molar-refractivity contribution >= 4 is 22.3 Å². The highest BCUT2D eigenvalue weighted by molar-refractivity contribution is 9.11. The molecule has 0 saturated carbocycles. The van der Waals surface area contributed by atoms with Crippen LogP contribution >= 0.6 is 15.9 Å². The van der Waals surface area contributed by atoms with E-state index >= 15 is 0 Å². The second-order valence-corrected chi connectivity index (χ2v) is 10.2. The van der Waals surface area contributed by atoms with E-state index < -0.39 is 12.3 Å². The number of halogens is 3. The maximum atomic E-state index is 14.1. The van der Waals surface area contributed by atoms with E-state index in [0.717, 1.165) is 53.8 Å². The molecule has 0 aromatic heterocycles. The number of rotatable bonds is 13. The summed E-state index contributed by atoms with van der Waals surface area (Å²) in [6.07, 6.45) is 13.4. The third-order valence-corrected chi connectivity index (χ3v) is 6.99. The van der Waals surface area contributed by atoms with Crippen molar-refractivity contribution in [2.45, 2.75) is 78.7 Å². The van der Waals surface area contributed by atoms with Crippen molar-refractivity contribution in [3.05, 3.63) is 58.3 Å². The fourth-order valence-electron chi connectivity index (χ4n) is 4.16. The third kappa shape index (κ3) is 10.8. The van der Waals surface area contributed by atoms with Gasteiger partial charge in [0, 0.05) is 25.3 Å². The Bertz CT molecular complexity index is 773. The van der Waals surface area contributed by atoms with E-state index in [-0.39, 0.29) is 0 Å². The van der Waals surface area contributed by atoms with Gasteiger partial charge < -0.3 is 4.90 Å². The molecule has 1 heterocycles. The number of allylic oxidation sites excluding steroid dienone is 7. The standard InChI is InChI=1S/C28H44BrF2N3/c1-8-9-13-28(23(4)24(5)31)25(6)34(20-32-7)19-26-14-16-33(17-15-26)22(3)11-10-12-27(29)18-21(2)30/h8-11,18,20-22,24,26H,6,12-17,19H2,1-5,7H3/b9-8-,11-10-,27-18+,28-23+,32-20-. The summed E-state index contributed by atoms with van der Waals surface area (Å²) in [7, 11) is 1.76. The van der Waals surface area contributed by atoms with Gasteiger partial charge in [0.15, 0.2) is 0 Å².